The summed E-state index contributed by atoms with van der Waals surface area (Å²) in [6.45, 7) is 1.24. The lowest BCUT2D eigenvalue weighted by molar-refractivity contribution is -0.385. The summed E-state index contributed by atoms with van der Waals surface area (Å²) in [5, 5.41) is 21.0. The molecule has 122 valence electrons. The summed E-state index contributed by atoms with van der Waals surface area (Å²) in [4.78, 5) is 12.9. The van der Waals surface area contributed by atoms with Gasteiger partial charge in [-0.3, -0.25) is 15.0 Å². The zero-order valence-corrected chi connectivity index (χ0v) is 12.8. The molecule has 1 saturated heterocycles. The molecule has 1 aliphatic heterocycles. The Balaban J connectivity index is 1.90. The van der Waals surface area contributed by atoms with Crippen LogP contribution in [0.25, 0.3) is 0 Å². The number of hydrogen-bond donors (Lipinski definition) is 1. The minimum absolute atomic E-state index is 0.103. The smallest absolute Gasteiger partial charge is 0.277 e. The zero-order valence-electron chi connectivity index (χ0n) is 12.8. The maximum atomic E-state index is 11.3. The van der Waals surface area contributed by atoms with E-state index in [1.807, 2.05) is 12.1 Å². The van der Waals surface area contributed by atoms with Crippen molar-refractivity contribution in [3.8, 4) is 11.5 Å². The van der Waals surface area contributed by atoms with Gasteiger partial charge in [0.25, 0.3) is 5.69 Å². The molecule has 3 rings (SSSR count). The van der Waals surface area contributed by atoms with Crippen molar-refractivity contribution in [2.75, 3.05) is 13.7 Å². The minimum atomic E-state index is -0.480. The van der Waals surface area contributed by atoms with Crippen LogP contribution in [0, 0.1) is 10.1 Å². The van der Waals surface area contributed by atoms with Gasteiger partial charge in [-0.2, -0.15) is 0 Å². The summed E-state index contributed by atoms with van der Waals surface area (Å²) in [5.41, 5.74) is 0.413. The first-order valence-corrected chi connectivity index (χ1v) is 7.42. The quantitative estimate of drug-likeness (QED) is 0.672. The summed E-state index contributed by atoms with van der Waals surface area (Å²) in [5.74, 6) is 0.877. The van der Waals surface area contributed by atoms with Crippen LogP contribution >= 0.6 is 0 Å². The lowest BCUT2D eigenvalue weighted by atomic mass is 10.1. The number of aromatic hydroxyl groups is 1. The fraction of sp³-hybridized carbons (Fsp3) is 0.375. The second-order valence-corrected chi connectivity index (χ2v) is 5.55. The number of nitrogens with zero attached hydrogens (tertiary/aromatic N) is 2. The monoisotopic (exact) mass is 318 g/mol. The highest BCUT2D eigenvalue weighted by Gasteiger charge is 2.30. The Kier molecular flexibility index (Phi) is 4.20. The lowest BCUT2D eigenvalue weighted by Gasteiger charge is -2.23. The molecule has 7 heteroatoms. The number of nitro benzene ring substituents is 1. The van der Waals surface area contributed by atoms with E-state index in [0.29, 0.717) is 12.1 Å². The van der Waals surface area contributed by atoms with Crippen molar-refractivity contribution in [3.05, 3.63) is 52.0 Å². The summed E-state index contributed by atoms with van der Waals surface area (Å²) < 4.78 is 10.6. The molecule has 23 heavy (non-hydrogen) atoms. The van der Waals surface area contributed by atoms with Gasteiger partial charge in [-0.1, -0.05) is 0 Å². The topological polar surface area (TPSA) is 89.0 Å². The van der Waals surface area contributed by atoms with Crippen molar-refractivity contribution in [2.24, 2.45) is 0 Å². The van der Waals surface area contributed by atoms with Gasteiger partial charge in [0.05, 0.1) is 30.4 Å². The van der Waals surface area contributed by atoms with Crippen LogP contribution in [0.5, 0.6) is 11.5 Å². The number of likely N-dealkylation sites (tertiary alicyclic amines) is 1. The van der Waals surface area contributed by atoms with Gasteiger partial charge in [0, 0.05) is 12.1 Å². The predicted octanol–water partition coefficient (Wildman–Crippen LogP) is 3.24. The molecule has 1 atom stereocenters. The Hall–Kier alpha value is -2.54. The Bertz CT molecular complexity index is 699. The lowest BCUT2D eigenvalue weighted by Crippen LogP contribution is -2.23. The molecule has 2 heterocycles. The predicted molar refractivity (Wildman–Crippen MR) is 82.4 cm³/mol. The van der Waals surface area contributed by atoms with E-state index in [2.05, 4.69) is 4.90 Å². The standard InChI is InChI=1S/C16H18N2O5/c1-22-16-8-11(13(18(20)21)9-14(16)19)10-17-6-2-4-12(17)15-5-3-7-23-15/h3,5,7-9,12,19H,2,4,6,10H2,1H3/t12-/m0/s1. The number of nitro groups is 1. The van der Waals surface area contributed by atoms with E-state index < -0.39 is 4.92 Å². The SMILES string of the molecule is COc1cc(CN2CCC[C@H]2c2ccco2)c([N+](=O)[O-])cc1O. The maximum absolute atomic E-state index is 11.3. The molecule has 1 N–H and O–H groups in total. The molecule has 1 aromatic heterocycles. The third-order valence-corrected chi connectivity index (χ3v) is 4.19. The fourth-order valence-corrected chi connectivity index (χ4v) is 3.10. The molecular weight excluding hydrogens is 300 g/mol. The average Bonchev–Trinajstić information content (AvgIpc) is 3.19. The number of benzene rings is 1. The van der Waals surface area contributed by atoms with Crippen molar-refractivity contribution in [2.45, 2.75) is 25.4 Å². The van der Waals surface area contributed by atoms with Crippen LogP contribution in [-0.2, 0) is 6.54 Å². The molecular formula is C16H18N2O5. The van der Waals surface area contributed by atoms with E-state index in [1.54, 1.807) is 6.26 Å². The Morgan fingerprint density at radius 1 is 1.52 bits per heavy atom. The molecule has 0 amide bonds. The first kappa shape index (κ1) is 15.4. The Morgan fingerprint density at radius 2 is 2.35 bits per heavy atom. The van der Waals surface area contributed by atoms with Crippen molar-refractivity contribution >= 4 is 5.69 Å². The van der Waals surface area contributed by atoms with Crippen molar-refractivity contribution in [1.82, 2.24) is 4.90 Å². The van der Waals surface area contributed by atoms with Gasteiger partial charge in [-0.05, 0) is 37.6 Å². The molecule has 0 spiro atoms. The first-order valence-electron chi connectivity index (χ1n) is 7.42. The second-order valence-electron chi connectivity index (χ2n) is 5.55. The van der Waals surface area contributed by atoms with E-state index in [1.165, 1.54) is 13.2 Å². The van der Waals surface area contributed by atoms with Crippen molar-refractivity contribution < 1.29 is 19.2 Å². The summed E-state index contributed by atoms with van der Waals surface area (Å²) >= 11 is 0. The number of phenols is 1. The molecule has 7 nitrogen and oxygen atoms in total. The Morgan fingerprint density at radius 3 is 3.00 bits per heavy atom. The van der Waals surface area contributed by atoms with Crippen molar-refractivity contribution in [3.63, 3.8) is 0 Å². The van der Waals surface area contributed by atoms with E-state index in [4.69, 9.17) is 9.15 Å². The number of ether oxygens (including phenoxy) is 1. The second kappa shape index (κ2) is 6.29. The normalized spacial score (nSPS) is 18.2. The van der Waals surface area contributed by atoms with Gasteiger partial charge in [0.15, 0.2) is 11.5 Å². The largest absolute Gasteiger partial charge is 0.504 e. The highest BCUT2D eigenvalue weighted by molar-refractivity contribution is 5.53. The van der Waals surface area contributed by atoms with Crippen LogP contribution in [0.3, 0.4) is 0 Å². The van der Waals surface area contributed by atoms with Crippen LogP contribution in [0.4, 0.5) is 5.69 Å². The van der Waals surface area contributed by atoms with E-state index in [9.17, 15) is 15.2 Å². The number of methoxy groups -OCH3 is 1. The molecule has 2 aromatic rings. The summed E-state index contributed by atoms with van der Waals surface area (Å²) in [6, 6.07) is 6.56. The minimum Gasteiger partial charge on any atom is -0.504 e. The fourth-order valence-electron chi connectivity index (χ4n) is 3.10. The van der Waals surface area contributed by atoms with Crippen molar-refractivity contribution in [1.29, 1.82) is 0 Å². The van der Waals surface area contributed by atoms with E-state index in [0.717, 1.165) is 31.2 Å². The molecule has 0 aliphatic carbocycles. The average molecular weight is 318 g/mol. The molecule has 0 radical (unpaired) electrons. The van der Waals surface area contributed by atoms with Crippen LogP contribution in [0.2, 0.25) is 0 Å². The highest BCUT2D eigenvalue weighted by Crippen LogP contribution is 2.38. The molecule has 1 fully saturated rings. The van der Waals surface area contributed by atoms with Crippen LogP contribution in [0.1, 0.15) is 30.2 Å². The van der Waals surface area contributed by atoms with Gasteiger partial charge in [0.1, 0.15) is 5.76 Å². The van der Waals surface area contributed by atoms with Gasteiger partial charge in [0.2, 0.25) is 0 Å². The van der Waals surface area contributed by atoms with Crippen LogP contribution in [-0.4, -0.2) is 28.6 Å². The van der Waals surface area contributed by atoms with E-state index in [-0.39, 0.29) is 23.2 Å². The van der Waals surface area contributed by atoms with Gasteiger partial charge in [-0.25, -0.2) is 0 Å². The summed E-state index contributed by atoms with van der Waals surface area (Å²) in [6.07, 6.45) is 3.60. The van der Waals surface area contributed by atoms with Crippen LogP contribution < -0.4 is 4.74 Å². The summed E-state index contributed by atoms with van der Waals surface area (Å²) in [7, 11) is 1.42. The molecule has 0 bridgehead atoms. The van der Waals surface area contributed by atoms with Gasteiger partial charge in [-0.15, -0.1) is 0 Å². The third kappa shape index (κ3) is 3.00. The molecule has 0 saturated carbocycles. The molecule has 1 aliphatic rings. The highest BCUT2D eigenvalue weighted by atomic mass is 16.6. The van der Waals surface area contributed by atoms with E-state index >= 15 is 0 Å². The maximum Gasteiger partial charge on any atom is 0.277 e. The zero-order chi connectivity index (χ0) is 16.4. The molecule has 0 unspecified atom stereocenters. The first-order chi connectivity index (χ1) is 11.1. The molecule has 1 aromatic carbocycles. The van der Waals surface area contributed by atoms with Gasteiger partial charge < -0.3 is 14.3 Å². The van der Waals surface area contributed by atoms with Gasteiger partial charge >= 0.3 is 0 Å². The number of furan rings is 1. The third-order valence-electron chi connectivity index (χ3n) is 4.19. The number of hydrogen-bond acceptors (Lipinski definition) is 6. The number of phenolic OH excluding ortho intramolecular Hbond substituents is 1. The van der Waals surface area contributed by atoms with Crippen LogP contribution in [0.15, 0.2) is 34.9 Å². The Labute approximate surface area is 133 Å². The number of rotatable bonds is 5.